The minimum Gasteiger partial charge on any atom is -0.396 e. The van der Waals surface area contributed by atoms with Crippen LogP contribution in [0.2, 0.25) is 0 Å². The monoisotopic (exact) mass is 453 g/mol. The number of carbonyl (C=O) groups excluding carboxylic acids is 1. The number of carbonyl (C=O) groups is 1. The van der Waals surface area contributed by atoms with E-state index >= 15 is 0 Å². The normalized spacial score (nSPS) is 11.5. The standard InChI is InChI=1S/C28H55NO3/c1-2-3-4-5-6-7-8-9-10-11-12-13-14-15-16-17-18-19-20-23-28(32)29(24-21-26-30)25-22-27-31/h9-10,30-31H,2-8,11-27H2,1H3. The molecule has 0 saturated heterocycles. The van der Waals surface area contributed by atoms with E-state index in [4.69, 9.17) is 10.2 Å². The Labute approximate surface area is 199 Å². The summed E-state index contributed by atoms with van der Waals surface area (Å²) in [5.74, 6) is 0.174. The minimum atomic E-state index is 0.110. The van der Waals surface area contributed by atoms with E-state index in [1.807, 2.05) is 0 Å². The smallest absolute Gasteiger partial charge is 0.222 e. The molecule has 0 bridgehead atoms. The Kier molecular flexibility index (Phi) is 25.7. The molecule has 0 heterocycles. The molecule has 1 amide bonds. The highest BCUT2D eigenvalue weighted by Crippen LogP contribution is 2.13. The van der Waals surface area contributed by atoms with Gasteiger partial charge in [-0.1, -0.05) is 96.1 Å². The summed E-state index contributed by atoms with van der Waals surface area (Å²) >= 11 is 0. The molecule has 190 valence electrons. The van der Waals surface area contributed by atoms with Gasteiger partial charge in [-0.25, -0.2) is 0 Å². The highest BCUT2D eigenvalue weighted by Gasteiger charge is 2.12. The number of nitrogens with zero attached hydrogens (tertiary/aromatic N) is 1. The average molecular weight is 454 g/mol. The van der Waals surface area contributed by atoms with Crippen molar-refractivity contribution in [2.75, 3.05) is 26.3 Å². The van der Waals surface area contributed by atoms with Crippen molar-refractivity contribution in [1.29, 1.82) is 0 Å². The largest absolute Gasteiger partial charge is 0.396 e. The molecule has 0 aromatic rings. The molecule has 0 spiro atoms. The molecular formula is C28H55NO3. The second kappa shape index (κ2) is 26.4. The number of aliphatic hydroxyl groups is 2. The minimum absolute atomic E-state index is 0.110. The Morgan fingerprint density at radius 3 is 1.44 bits per heavy atom. The SMILES string of the molecule is CCCCCCCCC=CCCCCCCCCCCCC(=O)N(CCCO)CCCO. The molecule has 2 N–H and O–H groups in total. The van der Waals surface area contributed by atoms with Crippen LogP contribution in [0.1, 0.15) is 135 Å². The van der Waals surface area contributed by atoms with E-state index in [-0.39, 0.29) is 19.1 Å². The van der Waals surface area contributed by atoms with Crippen LogP contribution in [0.5, 0.6) is 0 Å². The topological polar surface area (TPSA) is 60.8 Å². The van der Waals surface area contributed by atoms with Crippen molar-refractivity contribution >= 4 is 5.91 Å². The van der Waals surface area contributed by atoms with E-state index in [0.29, 0.717) is 32.4 Å². The van der Waals surface area contributed by atoms with E-state index < -0.39 is 0 Å². The van der Waals surface area contributed by atoms with Gasteiger partial charge in [-0.3, -0.25) is 4.79 Å². The molecular weight excluding hydrogens is 398 g/mol. The van der Waals surface area contributed by atoms with E-state index in [9.17, 15) is 4.79 Å². The van der Waals surface area contributed by atoms with Gasteiger partial charge in [0.05, 0.1) is 0 Å². The maximum Gasteiger partial charge on any atom is 0.222 e. The van der Waals surface area contributed by atoms with E-state index in [1.165, 1.54) is 96.3 Å². The summed E-state index contributed by atoms with van der Waals surface area (Å²) < 4.78 is 0. The van der Waals surface area contributed by atoms with Crippen molar-refractivity contribution in [2.45, 2.75) is 135 Å². The quantitative estimate of drug-likeness (QED) is 0.114. The lowest BCUT2D eigenvalue weighted by Gasteiger charge is -2.22. The third-order valence-electron chi connectivity index (χ3n) is 6.18. The molecule has 0 unspecified atom stereocenters. The Bertz CT molecular complexity index is 403. The third-order valence-corrected chi connectivity index (χ3v) is 6.18. The van der Waals surface area contributed by atoms with Crippen LogP contribution in [0.15, 0.2) is 12.2 Å². The summed E-state index contributed by atoms with van der Waals surface area (Å²) in [6.07, 6.45) is 28.7. The van der Waals surface area contributed by atoms with Gasteiger partial charge in [0.25, 0.3) is 0 Å². The van der Waals surface area contributed by atoms with Crippen LogP contribution in [-0.2, 0) is 4.79 Å². The van der Waals surface area contributed by atoms with Crippen molar-refractivity contribution in [2.24, 2.45) is 0 Å². The van der Waals surface area contributed by atoms with E-state index in [2.05, 4.69) is 19.1 Å². The predicted molar refractivity (Wildman–Crippen MR) is 138 cm³/mol. The fourth-order valence-corrected chi connectivity index (χ4v) is 4.10. The molecule has 0 aromatic carbocycles. The number of hydrogen-bond donors (Lipinski definition) is 2. The molecule has 0 aliphatic heterocycles. The number of rotatable bonds is 25. The molecule has 0 atom stereocenters. The zero-order valence-corrected chi connectivity index (χ0v) is 21.4. The second-order valence-corrected chi connectivity index (χ2v) is 9.28. The summed E-state index contributed by atoms with van der Waals surface area (Å²) in [7, 11) is 0. The Morgan fingerprint density at radius 2 is 1.00 bits per heavy atom. The Morgan fingerprint density at radius 1 is 0.594 bits per heavy atom. The molecule has 0 radical (unpaired) electrons. The van der Waals surface area contributed by atoms with Crippen LogP contribution in [0.3, 0.4) is 0 Å². The second-order valence-electron chi connectivity index (χ2n) is 9.28. The van der Waals surface area contributed by atoms with Gasteiger partial charge >= 0.3 is 0 Å². The van der Waals surface area contributed by atoms with E-state index in [0.717, 1.165) is 12.8 Å². The van der Waals surface area contributed by atoms with Gasteiger partial charge in [0.2, 0.25) is 5.91 Å². The number of allylic oxidation sites excluding steroid dienone is 2. The van der Waals surface area contributed by atoms with E-state index in [1.54, 1.807) is 4.90 Å². The lowest BCUT2D eigenvalue weighted by molar-refractivity contribution is -0.131. The first-order chi connectivity index (χ1) is 15.8. The number of hydrogen-bond acceptors (Lipinski definition) is 3. The number of amides is 1. The highest BCUT2D eigenvalue weighted by molar-refractivity contribution is 5.76. The summed E-state index contributed by atoms with van der Waals surface area (Å²) in [6, 6.07) is 0. The van der Waals surface area contributed by atoms with Crippen LogP contribution in [0, 0.1) is 0 Å². The molecule has 4 nitrogen and oxygen atoms in total. The Balaban J connectivity index is 3.41. The van der Waals surface area contributed by atoms with Crippen LogP contribution in [0.25, 0.3) is 0 Å². The number of aliphatic hydroxyl groups excluding tert-OH is 2. The van der Waals surface area contributed by atoms with Crippen molar-refractivity contribution in [3.63, 3.8) is 0 Å². The summed E-state index contributed by atoms with van der Waals surface area (Å²) in [5, 5.41) is 18.0. The van der Waals surface area contributed by atoms with Gasteiger partial charge in [-0.2, -0.15) is 0 Å². The van der Waals surface area contributed by atoms with Gasteiger partial charge in [0, 0.05) is 32.7 Å². The van der Waals surface area contributed by atoms with Gasteiger partial charge in [0.1, 0.15) is 0 Å². The van der Waals surface area contributed by atoms with Crippen LogP contribution < -0.4 is 0 Å². The molecule has 0 aliphatic rings. The molecule has 32 heavy (non-hydrogen) atoms. The van der Waals surface area contributed by atoms with Crippen LogP contribution in [0.4, 0.5) is 0 Å². The first-order valence-corrected chi connectivity index (χ1v) is 13.9. The maximum absolute atomic E-state index is 12.3. The lowest BCUT2D eigenvalue weighted by atomic mass is 10.1. The third kappa shape index (κ3) is 22.3. The molecule has 0 aliphatic carbocycles. The first kappa shape index (κ1) is 31.1. The summed E-state index contributed by atoms with van der Waals surface area (Å²) in [5.41, 5.74) is 0. The average Bonchev–Trinajstić information content (AvgIpc) is 2.80. The van der Waals surface area contributed by atoms with Crippen molar-refractivity contribution in [3.8, 4) is 0 Å². The fraction of sp³-hybridized carbons (Fsp3) is 0.893. The van der Waals surface area contributed by atoms with Gasteiger partial charge in [0.15, 0.2) is 0 Å². The maximum atomic E-state index is 12.3. The zero-order chi connectivity index (χ0) is 23.5. The first-order valence-electron chi connectivity index (χ1n) is 13.9. The molecule has 0 rings (SSSR count). The van der Waals surface area contributed by atoms with Crippen molar-refractivity contribution in [1.82, 2.24) is 4.90 Å². The fourth-order valence-electron chi connectivity index (χ4n) is 4.10. The van der Waals surface area contributed by atoms with Gasteiger partial charge in [-0.05, 0) is 44.9 Å². The van der Waals surface area contributed by atoms with Crippen LogP contribution in [-0.4, -0.2) is 47.3 Å². The Hall–Kier alpha value is -0.870. The number of unbranched alkanes of at least 4 members (excludes halogenated alkanes) is 15. The molecule has 0 saturated carbocycles. The predicted octanol–water partition coefficient (Wildman–Crippen LogP) is 7.18. The molecule has 4 heteroatoms. The van der Waals surface area contributed by atoms with Crippen LogP contribution >= 0.6 is 0 Å². The summed E-state index contributed by atoms with van der Waals surface area (Å²) in [4.78, 5) is 14.1. The zero-order valence-electron chi connectivity index (χ0n) is 21.4. The lowest BCUT2D eigenvalue weighted by Crippen LogP contribution is -2.33. The van der Waals surface area contributed by atoms with Crippen molar-refractivity contribution < 1.29 is 15.0 Å². The molecule has 0 fully saturated rings. The van der Waals surface area contributed by atoms with Gasteiger partial charge < -0.3 is 15.1 Å². The van der Waals surface area contributed by atoms with Crippen molar-refractivity contribution in [3.05, 3.63) is 12.2 Å². The molecule has 0 aromatic heterocycles. The van der Waals surface area contributed by atoms with Gasteiger partial charge in [-0.15, -0.1) is 0 Å². The summed E-state index contributed by atoms with van der Waals surface area (Å²) in [6.45, 7) is 3.70. The highest BCUT2D eigenvalue weighted by atomic mass is 16.3.